The van der Waals surface area contributed by atoms with Crippen LogP contribution in [0.4, 0.5) is 5.69 Å². The van der Waals surface area contributed by atoms with Crippen molar-refractivity contribution in [1.29, 1.82) is 0 Å². The van der Waals surface area contributed by atoms with Crippen LogP contribution in [0.1, 0.15) is 5.56 Å². The van der Waals surface area contributed by atoms with E-state index in [1.807, 2.05) is 36.5 Å². The molecule has 0 atom stereocenters. The monoisotopic (exact) mass is 295 g/mol. The lowest BCUT2D eigenvalue weighted by Gasteiger charge is -2.10. The summed E-state index contributed by atoms with van der Waals surface area (Å²) in [5, 5.41) is 8.31. The molecular weight excluding hydrogens is 278 g/mol. The lowest BCUT2D eigenvalue weighted by Crippen LogP contribution is -2.30. The number of H-pyrrole nitrogens is 1. The van der Waals surface area contributed by atoms with Gasteiger partial charge in [0.05, 0.1) is 0 Å². The van der Waals surface area contributed by atoms with Gasteiger partial charge in [-0.3, -0.25) is 0 Å². The van der Waals surface area contributed by atoms with Crippen molar-refractivity contribution in [1.82, 2.24) is 10.3 Å². The highest BCUT2D eigenvalue weighted by Gasteiger charge is 1.99. The minimum absolute atomic E-state index is 0.656. The Balaban J connectivity index is 1.50. The standard InChI is InChI=1S/C17H17N3S/c21-17(20-15-4-2-1-3-5-15)19-10-8-13-6-7-16-14(12-13)9-11-18-16/h1-7,9,11-12,18H,8,10H2,(H2,19,20,21). The van der Waals surface area contributed by atoms with E-state index in [2.05, 4.69) is 39.9 Å². The Morgan fingerprint density at radius 3 is 2.76 bits per heavy atom. The summed E-state index contributed by atoms with van der Waals surface area (Å²) in [4.78, 5) is 3.20. The van der Waals surface area contributed by atoms with E-state index < -0.39 is 0 Å². The summed E-state index contributed by atoms with van der Waals surface area (Å²) in [5.74, 6) is 0. The number of aromatic amines is 1. The van der Waals surface area contributed by atoms with Crippen LogP contribution in [0.25, 0.3) is 10.9 Å². The van der Waals surface area contributed by atoms with Crippen LogP contribution in [0.2, 0.25) is 0 Å². The van der Waals surface area contributed by atoms with Gasteiger partial charge in [0, 0.05) is 23.9 Å². The minimum atomic E-state index is 0.656. The molecule has 21 heavy (non-hydrogen) atoms. The first-order valence-electron chi connectivity index (χ1n) is 6.97. The largest absolute Gasteiger partial charge is 0.362 e. The number of rotatable bonds is 4. The molecule has 3 rings (SSSR count). The molecule has 106 valence electrons. The van der Waals surface area contributed by atoms with Gasteiger partial charge in [-0.15, -0.1) is 0 Å². The maximum atomic E-state index is 5.29. The Bertz CT molecular complexity index is 734. The molecule has 0 spiro atoms. The fourth-order valence-electron chi connectivity index (χ4n) is 2.28. The van der Waals surface area contributed by atoms with Crippen molar-refractivity contribution in [3.63, 3.8) is 0 Å². The van der Waals surface area contributed by atoms with E-state index in [9.17, 15) is 0 Å². The van der Waals surface area contributed by atoms with Crippen molar-refractivity contribution >= 4 is 33.9 Å². The van der Waals surface area contributed by atoms with Gasteiger partial charge in [0.25, 0.3) is 0 Å². The maximum Gasteiger partial charge on any atom is 0.170 e. The van der Waals surface area contributed by atoms with Crippen LogP contribution in [0.5, 0.6) is 0 Å². The Morgan fingerprint density at radius 2 is 1.90 bits per heavy atom. The molecule has 3 nitrogen and oxygen atoms in total. The van der Waals surface area contributed by atoms with Gasteiger partial charge in [-0.05, 0) is 59.9 Å². The number of anilines is 1. The molecule has 0 aliphatic rings. The summed E-state index contributed by atoms with van der Waals surface area (Å²) in [6.45, 7) is 0.814. The molecule has 1 aromatic heterocycles. The molecule has 0 fully saturated rings. The lowest BCUT2D eigenvalue weighted by molar-refractivity contribution is 0.874. The zero-order valence-corrected chi connectivity index (χ0v) is 12.4. The van der Waals surface area contributed by atoms with E-state index >= 15 is 0 Å². The maximum absolute atomic E-state index is 5.29. The number of fused-ring (bicyclic) bond motifs is 1. The third-order valence-electron chi connectivity index (χ3n) is 3.35. The third kappa shape index (κ3) is 3.61. The van der Waals surface area contributed by atoms with Crippen molar-refractivity contribution in [2.24, 2.45) is 0 Å². The summed E-state index contributed by atoms with van der Waals surface area (Å²) in [6, 6.07) is 18.5. The second-order valence-electron chi connectivity index (χ2n) is 4.90. The molecule has 0 saturated heterocycles. The van der Waals surface area contributed by atoms with Gasteiger partial charge >= 0.3 is 0 Å². The molecule has 0 saturated carbocycles. The SMILES string of the molecule is S=C(NCCc1ccc2[nH]ccc2c1)Nc1ccccc1. The number of hydrogen-bond donors (Lipinski definition) is 3. The fourth-order valence-corrected chi connectivity index (χ4v) is 2.50. The number of nitrogens with one attached hydrogen (secondary N) is 3. The van der Waals surface area contributed by atoms with E-state index in [1.165, 1.54) is 16.5 Å². The van der Waals surface area contributed by atoms with Crippen LogP contribution in [0.3, 0.4) is 0 Å². The summed E-state index contributed by atoms with van der Waals surface area (Å²) < 4.78 is 0. The smallest absolute Gasteiger partial charge is 0.170 e. The number of benzene rings is 2. The Labute approximate surface area is 129 Å². The van der Waals surface area contributed by atoms with Crippen LogP contribution < -0.4 is 10.6 Å². The van der Waals surface area contributed by atoms with Crippen molar-refractivity contribution in [3.05, 3.63) is 66.4 Å². The quantitative estimate of drug-likeness (QED) is 0.643. The highest BCUT2D eigenvalue weighted by molar-refractivity contribution is 7.80. The zero-order chi connectivity index (χ0) is 14.5. The molecule has 0 aliphatic carbocycles. The summed E-state index contributed by atoms with van der Waals surface area (Å²) in [6.07, 6.45) is 2.91. The van der Waals surface area contributed by atoms with Crippen molar-refractivity contribution in [3.8, 4) is 0 Å². The van der Waals surface area contributed by atoms with E-state index in [4.69, 9.17) is 12.2 Å². The first kappa shape index (κ1) is 13.6. The fraction of sp³-hybridized carbons (Fsp3) is 0.118. The number of thiocarbonyl (C=S) groups is 1. The Kier molecular flexibility index (Phi) is 4.17. The predicted octanol–water partition coefficient (Wildman–Crippen LogP) is 3.70. The van der Waals surface area contributed by atoms with Crippen LogP contribution in [0, 0.1) is 0 Å². The predicted molar refractivity (Wildman–Crippen MR) is 92.7 cm³/mol. The van der Waals surface area contributed by atoms with Crippen molar-refractivity contribution < 1.29 is 0 Å². The molecule has 2 aromatic carbocycles. The average Bonchev–Trinajstić information content (AvgIpc) is 2.96. The highest BCUT2D eigenvalue weighted by atomic mass is 32.1. The van der Waals surface area contributed by atoms with Crippen LogP contribution in [0.15, 0.2) is 60.8 Å². The van der Waals surface area contributed by atoms with Crippen molar-refractivity contribution in [2.45, 2.75) is 6.42 Å². The molecule has 0 radical (unpaired) electrons. The van der Waals surface area contributed by atoms with E-state index in [0.29, 0.717) is 5.11 Å². The van der Waals surface area contributed by atoms with Gasteiger partial charge in [-0.2, -0.15) is 0 Å². The summed E-state index contributed by atoms with van der Waals surface area (Å²) >= 11 is 5.29. The van der Waals surface area contributed by atoms with E-state index in [-0.39, 0.29) is 0 Å². The average molecular weight is 295 g/mol. The van der Waals surface area contributed by atoms with Crippen molar-refractivity contribution in [2.75, 3.05) is 11.9 Å². The van der Waals surface area contributed by atoms with Crippen LogP contribution in [-0.4, -0.2) is 16.6 Å². The van der Waals surface area contributed by atoms with Crippen LogP contribution >= 0.6 is 12.2 Å². The lowest BCUT2D eigenvalue weighted by atomic mass is 10.1. The molecule has 0 amide bonds. The molecule has 3 aromatic rings. The van der Waals surface area contributed by atoms with Gasteiger partial charge < -0.3 is 15.6 Å². The van der Waals surface area contributed by atoms with Gasteiger partial charge in [-0.25, -0.2) is 0 Å². The first-order chi connectivity index (χ1) is 10.3. The first-order valence-corrected chi connectivity index (χ1v) is 7.38. The minimum Gasteiger partial charge on any atom is -0.362 e. The second kappa shape index (κ2) is 6.41. The second-order valence-corrected chi connectivity index (χ2v) is 5.30. The van der Waals surface area contributed by atoms with Crippen LogP contribution in [-0.2, 0) is 6.42 Å². The normalized spacial score (nSPS) is 10.5. The van der Waals surface area contributed by atoms with Gasteiger partial charge in [0.1, 0.15) is 0 Å². The molecule has 1 heterocycles. The van der Waals surface area contributed by atoms with E-state index in [0.717, 1.165) is 18.7 Å². The summed E-state index contributed by atoms with van der Waals surface area (Å²) in [7, 11) is 0. The number of aromatic nitrogens is 1. The summed E-state index contributed by atoms with van der Waals surface area (Å²) in [5.41, 5.74) is 3.48. The Hall–Kier alpha value is -2.33. The van der Waals surface area contributed by atoms with Gasteiger partial charge in [0.15, 0.2) is 5.11 Å². The molecule has 3 N–H and O–H groups in total. The third-order valence-corrected chi connectivity index (χ3v) is 3.59. The topological polar surface area (TPSA) is 39.9 Å². The Morgan fingerprint density at radius 1 is 1.05 bits per heavy atom. The molecule has 4 heteroatoms. The molecule has 0 bridgehead atoms. The molecular formula is C17H17N3S. The van der Waals surface area contributed by atoms with E-state index in [1.54, 1.807) is 0 Å². The van der Waals surface area contributed by atoms with Gasteiger partial charge in [-0.1, -0.05) is 24.3 Å². The molecule has 0 aliphatic heterocycles. The molecule has 0 unspecified atom stereocenters. The number of hydrogen-bond acceptors (Lipinski definition) is 1. The zero-order valence-electron chi connectivity index (χ0n) is 11.6. The highest BCUT2D eigenvalue weighted by Crippen LogP contribution is 2.14. The number of para-hydroxylation sites is 1. The van der Waals surface area contributed by atoms with Gasteiger partial charge in [0.2, 0.25) is 0 Å².